The van der Waals surface area contributed by atoms with Crippen molar-refractivity contribution in [2.45, 2.75) is 45.3 Å². The third-order valence-corrected chi connectivity index (χ3v) is 5.36. The van der Waals surface area contributed by atoms with Crippen molar-refractivity contribution < 1.29 is 9.53 Å². The number of aryl methyl sites for hydroxylation is 1. The molecular formula is C22H25N5O2. The summed E-state index contributed by atoms with van der Waals surface area (Å²) in [6, 6.07) is 11.5. The van der Waals surface area contributed by atoms with Gasteiger partial charge in [0.25, 0.3) is 5.91 Å². The molecule has 0 spiro atoms. The Morgan fingerprint density at radius 2 is 1.93 bits per heavy atom. The summed E-state index contributed by atoms with van der Waals surface area (Å²) >= 11 is 0. The predicted molar refractivity (Wildman–Crippen MR) is 109 cm³/mol. The van der Waals surface area contributed by atoms with E-state index in [1.807, 2.05) is 41.3 Å². The van der Waals surface area contributed by atoms with Gasteiger partial charge in [-0.05, 0) is 49.9 Å². The number of hydrogen-bond acceptors (Lipinski definition) is 5. The van der Waals surface area contributed by atoms with Crippen LogP contribution in [0.15, 0.2) is 55.0 Å². The van der Waals surface area contributed by atoms with Crippen LogP contribution in [0.25, 0.3) is 5.69 Å². The van der Waals surface area contributed by atoms with E-state index in [4.69, 9.17) is 4.74 Å². The summed E-state index contributed by atoms with van der Waals surface area (Å²) in [6.07, 6.45) is 7.61. The van der Waals surface area contributed by atoms with E-state index in [0.29, 0.717) is 23.7 Å². The summed E-state index contributed by atoms with van der Waals surface area (Å²) < 4.78 is 6.13. The first-order valence-corrected chi connectivity index (χ1v) is 10.0. The van der Waals surface area contributed by atoms with Gasteiger partial charge in [0, 0.05) is 18.3 Å². The fourth-order valence-corrected chi connectivity index (χ4v) is 3.68. The maximum absolute atomic E-state index is 13.4. The first-order chi connectivity index (χ1) is 14.2. The van der Waals surface area contributed by atoms with Crippen molar-refractivity contribution in [2.24, 2.45) is 0 Å². The first-order valence-electron chi connectivity index (χ1n) is 10.0. The normalized spacial score (nSPS) is 19.2. The highest BCUT2D eigenvalue weighted by Gasteiger charge is 2.32. The van der Waals surface area contributed by atoms with Crippen LogP contribution < -0.4 is 4.74 Å². The van der Waals surface area contributed by atoms with Crippen LogP contribution in [0.5, 0.6) is 5.88 Å². The molecule has 1 aromatic carbocycles. The van der Waals surface area contributed by atoms with Crippen LogP contribution in [0.4, 0.5) is 0 Å². The number of hydrogen-bond donors (Lipinski definition) is 0. The van der Waals surface area contributed by atoms with E-state index in [-0.39, 0.29) is 18.1 Å². The van der Waals surface area contributed by atoms with Crippen molar-refractivity contribution in [1.29, 1.82) is 0 Å². The number of likely N-dealkylation sites (tertiary alicyclic amines) is 1. The van der Waals surface area contributed by atoms with Gasteiger partial charge in [0.2, 0.25) is 5.88 Å². The number of ether oxygens (including phenoxy) is 1. The Morgan fingerprint density at radius 1 is 1.14 bits per heavy atom. The van der Waals surface area contributed by atoms with Crippen LogP contribution in [0.3, 0.4) is 0 Å². The maximum Gasteiger partial charge on any atom is 0.256 e. The van der Waals surface area contributed by atoms with Crippen molar-refractivity contribution in [3.63, 3.8) is 0 Å². The molecule has 0 aliphatic carbocycles. The SMILES string of the molecule is CCc1ccnc(O[C@@H]2CC[C@@H](C)N(C(=O)c3ccccc3-n3nccn3)C2)c1. The van der Waals surface area contributed by atoms with Crippen molar-refractivity contribution in [1.82, 2.24) is 24.9 Å². The number of carbonyl (C=O) groups is 1. The Kier molecular flexibility index (Phi) is 5.55. The lowest BCUT2D eigenvalue weighted by atomic mass is 9.99. The second-order valence-electron chi connectivity index (χ2n) is 7.32. The molecule has 3 aromatic rings. The highest BCUT2D eigenvalue weighted by molar-refractivity contribution is 5.98. The molecule has 7 heteroatoms. The van der Waals surface area contributed by atoms with Crippen LogP contribution in [0.1, 0.15) is 42.6 Å². The van der Waals surface area contributed by atoms with Crippen LogP contribution in [0.2, 0.25) is 0 Å². The standard InChI is InChI=1S/C22H25N5O2/c1-3-17-10-11-23-21(14-17)29-18-9-8-16(2)26(15-18)22(28)19-6-4-5-7-20(19)27-24-12-13-25-27/h4-7,10-14,16,18H,3,8-9,15H2,1-2H3/t16-,18-/m1/s1. The molecule has 0 radical (unpaired) electrons. The van der Waals surface area contributed by atoms with Gasteiger partial charge in [0.15, 0.2) is 0 Å². The largest absolute Gasteiger partial charge is 0.472 e. The van der Waals surface area contributed by atoms with Crippen molar-refractivity contribution in [3.8, 4) is 11.6 Å². The van der Waals surface area contributed by atoms with Gasteiger partial charge in [-0.3, -0.25) is 4.79 Å². The fraction of sp³-hybridized carbons (Fsp3) is 0.364. The number of benzene rings is 1. The Labute approximate surface area is 170 Å². The predicted octanol–water partition coefficient (Wildman–Crippen LogP) is 3.30. The number of pyridine rings is 1. The zero-order valence-corrected chi connectivity index (χ0v) is 16.7. The molecule has 0 saturated carbocycles. The first kappa shape index (κ1) is 19.1. The van der Waals surface area contributed by atoms with Gasteiger partial charge in [-0.1, -0.05) is 19.1 Å². The molecule has 2 atom stereocenters. The van der Waals surface area contributed by atoms with Gasteiger partial charge in [-0.2, -0.15) is 15.0 Å². The molecule has 2 aromatic heterocycles. The molecule has 29 heavy (non-hydrogen) atoms. The third kappa shape index (κ3) is 4.13. The lowest BCUT2D eigenvalue weighted by Gasteiger charge is -2.38. The molecule has 7 nitrogen and oxygen atoms in total. The average Bonchev–Trinajstić information content (AvgIpc) is 3.29. The number of carbonyl (C=O) groups excluding carboxylic acids is 1. The Hall–Kier alpha value is -3.22. The minimum absolute atomic E-state index is 0.0334. The van der Waals surface area contributed by atoms with E-state index >= 15 is 0 Å². The zero-order chi connectivity index (χ0) is 20.2. The highest BCUT2D eigenvalue weighted by Crippen LogP contribution is 2.25. The minimum atomic E-state index is -0.0789. The van der Waals surface area contributed by atoms with Gasteiger partial charge in [0.05, 0.1) is 30.2 Å². The van der Waals surface area contributed by atoms with Crippen molar-refractivity contribution in [3.05, 3.63) is 66.1 Å². The van der Waals surface area contributed by atoms with E-state index in [9.17, 15) is 4.79 Å². The molecule has 150 valence electrons. The lowest BCUT2D eigenvalue weighted by Crippen LogP contribution is -2.49. The molecule has 0 N–H and O–H groups in total. The number of amides is 1. The molecule has 3 heterocycles. The van der Waals surface area contributed by atoms with Crippen LogP contribution in [-0.4, -0.2) is 49.5 Å². The quantitative estimate of drug-likeness (QED) is 0.667. The van der Waals surface area contributed by atoms with Crippen molar-refractivity contribution in [2.75, 3.05) is 6.54 Å². The molecule has 0 bridgehead atoms. The monoisotopic (exact) mass is 391 g/mol. The number of rotatable bonds is 5. The fourth-order valence-electron chi connectivity index (χ4n) is 3.68. The topological polar surface area (TPSA) is 73.1 Å². The van der Waals surface area contributed by atoms with E-state index < -0.39 is 0 Å². The molecular weight excluding hydrogens is 366 g/mol. The maximum atomic E-state index is 13.4. The number of para-hydroxylation sites is 1. The summed E-state index contributed by atoms with van der Waals surface area (Å²) in [4.78, 5) is 21.1. The highest BCUT2D eigenvalue weighted by atomic mass is 16.5. The van der Waals surface area contributed by atoms with Crippen LogP contribution >= 0.6 is 0 Å². The third-order valence-electron chi connectivity index (χ3n) is 5.36. The summed E-state index contributed by atoms with van der Waals surface area (Å²) in [5.74, 6) is 0.589. The Balaban J connectivity index is 1.54. The summed E-state index contributed by atoms with van der Waals surface area (Å²) in [6.45, 7) is 4.71. The van der Waals surface area contributed by atoms with Crippen LogP contribution in [0, 0.1) is 0 Å². The second-order valence-corrected chi connectivity index (χ2v) is 7.32. The van der Waals surface area contributed by atoms with Gasteiger partial charge in [-0.15, -0.1) is 0 Å². The molecule has 0 unspecified atom stereocenters. The Morgan fingerprint density at radius 3 is 2.72 bits per heavy atom. The number of nitrogens with zero attached hydrogens (tertiary/aromatic N) is 5. The molecule has 1 aliphatic heterocycles. The van der Waals surface area contributed by atoms with E-state index in [0.717, 1.165) is 19.3 Å². The molecule has 1 fully saturated rings. The average molecular weight is 391 g/mol. The zero-order valence-electron chi connectivity index (χ0n) is 16.7. The Bertz CT molecular complexity index is 973. The van der Waals surface area contributed by atoms with Gasteiger partial charge in [-0.25, -0.2) is 4.98 Å². The van der Waals surface area contributed by atoms with Gasteiger partial charge >= 0.3 is 0 Å². The molecule has 1 amide bonds. The lowest BCUT2D eigenvalue weighted by molar-refractivity contribution is 0.0372. The number of piperidine rings is 1. The van der Waals surface area contributed by atoms with E-state index in [1.165, 1.54) is 10.4 Å². The molecule has 4 rings (SSSR count). The van der Waals surface area contributed by atoms with Gasteiger partial charge in [0.1, 0.15) is 6.10 Å². The van der Waals surface area contributed by atoms with E-state index in [1.54, 1.807) is 18.6 Å². The summed E-state index contributed by atoms with van der Waals surface area (Å²) in [5, 5.41) is 8.37. The van der Waals surface area contributed by atoms with Crippen molar-refractivity contribution >= 4 is 5.91 Å². The second kappa shape index (κ2) is 8.43. The minimum Gasteiger partial charge on any atom is -0.472 e. The molecule has 1 aliphatic rings. The smallest absolute Gasteiger partial charge is 0.256 e. The van der Waals surface area contributed by atoms with E-state index in [2.05, 4.69) is 29.0 Å². The molecule has 1 saturated heterocycles. The van der Waals surface area contributed by atoms with Crippen LogP contribution in [-0.2, 0) is 6.42 Å². The van der Waals surface area contributed by atoms with Gasteiger partial charge < -0.3 is 9.64 Å². The summed E-state index contributed by atoms with van der Waals surface area (Å²) in [5.41, 5.74) is 2.45. The number of aromatic nitrogens is 4. The summed E-state index contributed by atoms with van der Waals surface area (Å²) in [7, 11) is 0.